The molecule has 1 amide bonds. The van der Waals surface area contributed by atoms with Crippen molar-refractivity contribution in [1.29, 1.82) is 0 Å². The van der Waals surface area contributed by atoms with Gasteiger partial charge in [-0.3, -0.25) is 9.78 Å². The number of hydrogen-bond acceptors (Lipinski definition) is 4. The highest BCUT2D eigenvalue weighted by Crippen LogP contribution is 2.61. The van der Waals surface area contributed by atoms with Crippen molar-refractivity contribution in [3.05, 3.63) is 30.1 Å². The molecule has 32 heavy (non-hydrogen) atoms. The van der Waals surface area contributed by atoms with E-state index in [2.05, 4.69) is 28.9 Å². The number of unbranched alkanes of at least 4 members (excludes halogenated alkanes) is 2. The number of amides is 1. The minimum atomic E-state index is -0.379. The Morgan fingerprint density at radius 1 is 1.12 bits per heavy atom. The summed E-state index contributed by atoms with van der Waals surface area (Å²) in [5.41, 5.74) is 8.24. The molecule has 4 saturated carbocycles. The van der Waals surface area contributed by atoms with Gasteiger partial charge in [-0.05, 0) is 104 Å². The standard InChI is InChI=1S/C27H43N3OS/c1-2-3-4-11-30(12-8-27-17-22-14-23(18-27)16-24(15-22)19-27)26(31)25(28)20-32-13-7-21-5-9-29-10-6-21/h5-6,9-10,22-25H,2-4,7-8,11-20,28H2,1H3/t22?,23?,24?,25-,27?/m0/s1. The molecule has 0 aliphatic heterocycles. The Bertz CT molecular complexity index is 690. The molecule has 1 aromatic rings. The molecule has 1 aromatic heterocycles. The van der Waals surface area contributed by atoms with E-state index < -0.39 is 0 Å². The summed E-state index contributed by atoms with van der Waals surface area (Å²) in [4.78, 5) is 19.5. The second-order valence-corrected chi connectivity index (χ2v) is 12.1. The van der Waals surface area contributed by atoms with E-state index in [4.69, 9.17) is 5.73 Å². The first-order chi connectivity index (χ1) is 15.6. The Labute approximate surface area is 199 Å². The predicted octanol–water partition coefficient (Wildman–Crippen LogP) is 5.31. The second kappa shape index (κ2) is 11.4. The van der Waals surface area contributed by atoms with Crippen LogP contribution in [-0.4, -0.2) is 46.4 Å². The number of thioether (sulfide) groups is 1. The van der Waals surface area contributed by atoms with Crippen LogP contribution in [0.3, 0.4) is 0 Å². The lowest BCUT2D eigenvalue weighted by molar-refractivity contribution is -0.133. The molecule has 1 atom stereocenters. The van der Waals surface area contributed by atoms with E-state index in [1.54, 1.807) is 11.8 Å². The normalized spacial score (nSPS) is 29.2. The van der Waals surface area contributed by atoms with Gasteiger partial charge in [0.1, 0.15) is 0 Å². The molecule has 0 aromatic carbocycles. The largest absolute Gasteiger partial charge is 0.341 e. The van der Waals surface area contributed by atoms with E-state index in [1.165, 1.54) is 63.4 Å². The van der Waals surface area contributed by atoms with Crippen molar-refractivity contribution in [2.24, 2.45) is 28.9 Å². The van der Waals surface area contributed by atoms with Gasteiger partial charge in [-0.25, -0.2) is 0 Å². The zero-order valence-corrected chi connectivity index (χ0v) is 20.8. The van der Waals surface area contributed by atoms with Gasteiger partial charge in [-0.2, -0.15) is 11.8 Å². The van der Waals surface area contributed by atoms with Crippen molar-refractivity contribution in [2.75, 3.05) is 24.6 Å². The Hall–Kier alpha value is -1.07. The van der Waals surface area contributed by atoms with Crippen LogP contribution in [-0.2, 0) is 11.2 Å². The summed E-state index contributed by atoms with van der Waals surface area (Å²) < 4.78 is 0. The van der Waals surface area contributed by atoms with Crippen molar-refractivity contribution in [2.45, 2.75) is 83.6 Å². The molecular formula is C27H43N3OS. The highest BCUT2D eigenvalue weighted by molar-refractivity contribution is 7.99. The van der Waals surface area contributed by atoms with Crippen molar-refractivity contribution in [1.82, 2.24) is 9.88 Å². The number of aromatic nitrogens is 1. The van der Waals surface area contributed by atoms with E-state index in [0.29, 0.717) is 11.2 Å². The summed E-state index contributed by atoms with van der Waals surface area (Å²) in [6.45, 7) is 4.03. The van der Waals surface area contributed by atoms with Crippen LogP contribution in [0.5, 0.6) is 0 Å². The van der Waals surface area contributed by atoms with Crippen LogP contribution in [0.25, 0.3) is 0 Å². The Kier molecular flexibility index (Phi) is 8.55. The summed E-state index contributed by atoms with van der Waals surface area (Å²) in [5.74, 6) is 4.82. The summed E-state index contributed by atoms with van der Waals surface area (Å²) in [6.07, 6.45) is 18.1. The first kappa shape index (κ1) is 24.1. The van der Waals surface area contributed by atoms with Gasteiger partial charge in [0.05, 0.1) is 6.04 Å². The topological polar surface area (TPSA) is 59.2 Å². The van der Waals surface area contributed by atoms with Gasteiger partial charge in [-0.1, -0.05) is 19.8 Å². The molecule has 178 valence electrons. The third kappa shape index (κ3) is 6.28. The fourth-order valence-electron chi connectivity index (χ4n) is 7.11. The van der Waals surface area contributed by atoms with E-state index in [-0.39, 0.29) is 11.9 Å². The maximum atomic E-state index is 13.3. The quantitative estimate of drug-likeness (QED) is 0.408. The van der Waals surface area contributed by atoms with E-state index in [1.807, 2.05) is 12.4 Å². The summed E-state index contributed by atoms with van der Waals surface area (Å²) in [5, 5.41) is 0. The molecule has 4 bridgehead atoms. The van der Waals surface area contributed by atoms with Crippen LogP contribution in [0.4, 0.5) is 0 Å². The molecule has 5 rings (SSSR count). The molecule has 4 aliphatic carbocycles. The van der Waals surface area contributed by atoms with Crippen molar-refractivity contribution >= 4 is 17.7 Å². The number of pyridine rings is 1. The van der Waals surface area contributed by atoms with E-state index in [9.17, 15) is 4.79 Å². The van der Waals surface area contributed by atoms with Crippen LogP contribution >= 0.6 is 11.8 Å². The molecule has 4 fully saturated rings. The maximum Gasteiger partial charge on any atom is 0.240 e. The molecule has 5 heteroatoms. The number of rotatable bonds is 13. The Morgan fingerprint density at radius 3 is 2.41 bits per heavy atom. The van der Waals surface area contributed by atoms with E-state index in [0.717, 1.165) is 49.4 Å². The number of nitrogens with two attached hydrogens (primary N) is 1. The molecule has 4 nitrogen and oxygen atoms in total. The minimum absolute atomic E-state index is 0.183. The van der Waals surface area contributed by atoms with Gasteiger partial charge in [0.25, 0.3) is 0 Å². The third-order valence-electron chi connectivity index (χ3n) is 8.32. The maximum absolute atomic E-state index is 13.3. The summed E-state index contributed by atoms with van der Waals surface area (Å²) >= 11 is 1.80. The molecule has 0 radical (unpaired) electrons. The molecule has 0 spiro atoms. The van der Waals surface area contributed by atoms with Gasteiger partial charge < -0.3 is 10.6 Å². The Morgan fingerprint density at radius 2 is 1.78 bits per heavy atom. The molecule has 2 N–H and O–H groups in total. The lowest BCUT2D eigenvalue weighted by atomic mass is 9.49. The average molecular weight is 458 g/mol. The van der Waals surface area contributed by atoms with Crippen LogP contribution < -0.4 is 5.73 Å². The highest BCUT2D eigenvalue weighted by Gasteiger charge is 2.50. The number of carbonyl (C=O) groups is 1. The van der Waals surface area contributed by atoms with Crippen molar-refractivity contribution in [3.63, 3.8) is 0 Å². The molecule has 0 unspecified atom stereocenters. The highest BCUT2D eigenvalue weighted by atomic mass is 32.2. The van der Waals surface area contributed by atoms with Gasteiger partial charge >= 0.3 is 0 Å². The monoisotopic (exact) mass is 457 g/mol. The summed E-state index contributed by atoms with van der Waals surface area (Å²) in [6, 6.07) is 3.74. The molecule has 1 heterocycles. The van der Waals surface area contributed by atoms with Crippen molar-refractivity contribution in [3.8, 4) is 0 Å². The van der Waals surface area contributed by atoms with Crippen LogP contribution in [0.15, 0.2) is 24.5 Å². The lowest BCUT2D eigenvalue weighted by Crippen LogP contribution is -2.50. The van der Waals surface area contributed by atoms with Crippen LogP contribution in [0.2, 0.25) is 0 Å². The van der Waals surface area contributed by atoms with Crippen LogP contribution in [0.1, 0.15) is 76.7 Å². The zero-order valence-electron chi connectivity index (χ0n) is 20.0. The Balaban J connectivity index is 1.26. The van der Waals surface area contributed by atoms with Gasteiger partial charge in [0, 0.05) is 31.2 Å². The third-order valence-corrected chi connectivity index (χ3v) is 9.41. The van der Waals surface area contributed by atoms with Gasteiger partial charge in [0.2, 0.25) is 5.91 Å². The summed E-state index contributed by atoms with van der Waals surface area (Å²) in [7, 11) is 0. The molecular weight excluding hydrogens is 414 g/mol. The fraction of sp³-hybridized carbons (Fsp3) is 0.778. The number of aryl methyl sites for hydroxylation is 1. The number of carbonyl (C=O) groups excluding carboxylic acids is 1. The SMILES string of the molecule is CCCCCN(CCC12CC3CC(CC(C3)C1)C2)C(=O)[C@@H](N)CSCCc1ccncc1. The average Bonchev–Trinajstić information content (AvgIpc) is 2.78. The first-order valence-corrected chi connectivity index (χ1v) is 14.2. The molecule has 0 saturated heterocycles. The molecule has 4 aliphatic rings. The van der Waals surface area contributed by atoms with E-state index >= 15 is 0 Å². The van der Waals surface area contributed by atoms with Gasteiger partial charge in [-0.15, -0.1) is 0 Å². The second-order valence-electron chi connectivity index (χ2n) is 11.0. The minimum Gasteiger partial charge on any atom is -0.341 e. The predicted molar refractivity (Wildman–Crippen MR) is 135 cm³/mol. The van der Waals surface area contributed by atoms with Crippen molar-refractivity contribution < 1.29 is 4.79 Å². The fourth-order valence-corrected chi connectivity index (χ4v) is 8.05. The number of hydrogen-bond donors (Lipinski definition) is 1. The zero-order chi connectivity index (χ0) is 22.4. The first-order valence-electron chi connectivity index (χ1n) is 13.1. The lowest BCUT2D eigenvalue weighted by Gasteiger charge is -2.57. The van der Waals surface area contributed by atoms with Crippen LogP contribution in [0, 0.1) is 23.2 Å². The smallest absolute Gasteiger partial charge is 0.240 e. The number of nitrogens with zero attached hydrogens (tertiary/aromatic N) is 2. The van der Waals surface area contributed by atoms with Gasteiger partial charge in [0.15, 0.2) is 0 Å².